The van der Waals surface area contributed by atoms with Gasteiger partial charge in [-0.3, -0.25) is 14.9 Å². The van der Waals surface area contributed by atoms with E-state index in [1.807, 2.05) is 0 Å². The molecule has 8 nitrogen and oxygen atoms in total. The number of halogens is 2. The zero-order chi connectivity index (χ0) is 17.1. The number of nitro groups is 1. The number of amides is 1. The Hall–Kier alpha value is -2.32. The van der Waals surface area contributed by atoms with Crippen molar-refractivity contribution < 1.29 is 19.6 Å². The maximum Gasteiger partial charge on any atom is 0.326 e. The van der Waals surface area contributed by atoms with Gasteiger partial charge in [0.25, 0.3) is 11.6 Å². The molecule has 0 aliphatic carbocycles. The molecule has 122 valence electrons. The van der Waals surface area contributed by atoms with Crippen LogP contribution in [0.3, 0.4) is 0 Å². The summed E-state index contributed by atoms with van der Waals surface area (Å²) in [5.74, 6) is -2.10. The normalized spacial score (nSPS) is 12.3. The number of benzene rings is 1. The Morgan fingerprint density at radius 3 is 2.65 bits per heavy atom. The topological polar surface area (TPSA) is 125 Å². The zero-order valence-electron chi connectivity index (χ0n) is 11.5. The molecule has 0 spiro atoms. The van der Waals surface area contributed by atoms with Gasteiger partial charge in [-0.2, -0.15) is 0 Å². The number of rotatable bonds is 6. The predicted octanol–water partition coefficient (Wildman–Crippen LogP) is 1.99. The van der Waals surface area contributed by atoms with Crippen LogP contribution in [0.5, 0.6) is 0 Å². The summed E-state index contributed by atoms with van der Waals surface area (Å²) >= 11 is 10.8. The molecule has 2 aromatic rings. The first kappa shape index (κ1) is 17.0. The number of nitrogens with one attached hydrogen (secondary N) is 2. The van der Waals surface area contributed by atoms with E-state index in [0.29, 0.717) is 16.5 Å². The van der Waals surface area contributed by atoms with Crippen LogP contribution < -0.4 is 5.32 Å². The summed E-state index contributed by atoms with van der Waals surface area (Å²) in [6, 6.07) is 2.94. The minimum absolute atomic E-state index is 0.0806. The zero-order valence-corrected chi connectivity index (χ0v) is 13.0. The highest BCUT2D eigenvalue weighted by molar-refractivity contribution is 6.53. The van der Waals surface area contributed by atoms with Crippen LogP contribution in [0.4, 0.5) is 5.69 Å². The van der Waals surface area contributed by atoms with E-state index in [9.17, 15) is 24.8 Å². The van der Waals surface area contributed by atoms with Gasteiger partial charge in [0.2, 0.25) is 0 Å². The van der Waals surface area contributed by atoms with E-state index in [1.54, 1.807) is 0 Å². The molecule has 1 unspecified atom stereocenters. The molecule has 3 N–H and O–H groups in total. The Kier molecular flexibility index (Phi) is 5.07. The van der Waals surface area contributed by atoms with Crippen LogP contribution in [-0.2, 0) is 16.0 Å². The number of carbonyl (C=O) groups is 2. The van der Waals surface area contributed by atoms with Gasteiger partial charge in [-0.1, -0.05) is 23.2 Å². The fraction of sp³-hybridized carbons (Fsp3) is 0.231. The number of non-ortho nitro benzene ring substituents is 1. The highest BCUT2D eigenvalue weighted by atomic mass is 35.5. The Morgan fingerprint density at radius 2 is 2.09 bits per heavy atom. The predicted molar refractivity (Wildman–Crippen MR) is 83.7 cm³/mol. The first-order chi connectivity index (χ1) is 10.8. The van der Waals surface area contributed by atoms with E-state index in [1.165, 1.54) is 24.4 Å². The quantitative estimate of drug-likeness (QED) is 0.413. The third-order valence-corrected chi connectivity index (χ3v) is 3.60. The first-order valence-corrected chi connectivity index (χ1v) is 7.22. The lowest BCUT2D eigenvalue weighted by atomic mass is 10.0. The number of nitro benzene ring substituents is 1. The summed E-state index contributed by atoms with van der Waals surface area (Å²) in [5.41, 5.74) is 1.02. The lowest BCUT2D eigenvalue weighted by molar-refractivity contribution is -0.384. The SMILES string of the molecule is O=C(NC(Cc1c[nH]c2ccc([N+](=O)[O-])cc12)C(=O)O)C(Cl)Cl. The molecule has 0 aliphatic heterocycles. The number of hydrogen-bond acceptors (Lipinski definition) is 4. The van der Waals surface area contributed by atoms with Crippen LogP contribution in [0, 0.1) is 10.1 Å². The van der Waals surface area contributed by atoms with Gasteiger partial charge in [0.15, 0.2) is 4.84 Å². The number of alkyl halides is 2. The van der Waals surface area contributed by atoms with E-state index in [4.69, 9.17) is 23.2 Å². The summed E-state index contributed by atoms with van der Waals surface area (Å²) in [6.45, 7) is 0. The molecule has 1 aromatic carbocycles. The number of aromatic amines is 1. The third kappa shape index (κ3) is 3.91. The summed E-state index contributed by atoms with van der Waals surface area (Å²) in [4.78, 5) is 34.5. The molecule has 0 aliphatic rings. The maximum absolute atomic E-state index is 11.5. The fourth-order valence-corrected chi connectivity index (χ4v) is 2.23. The van der Waals surface area contributed by atoms with Crippen molar-refractivity contribution >= 4 is 51.7 Å². The molecule has 23 heavy (non-hydrogen) atoms. The molecule has 0 bridgehead atoms. The summed E-state index contributed by atoms with van der Waals surface area (Å²) < 4.78 is 0. The van der Waals surface area contributed by atoms with Crippen molar-refractivity contribution in [3.63, 3.8) is 0 Å². The van der Waals surface area contributed by atoms with Crippen LogP contribution in [0.1, 0.15) is 5.56 Å². The molecule has 1 heterocycles. The van der Waals surface area contributed by atoms with E-state index in [2.05, 4.69) is 10.3 Å². The van der Waals surface area contributed by atoms with Crippen molar-refractivity contribution in [3.05, 3.63) is 40.1 Å². The fourth-order valence-electron chi connectivity index (χ4n) is 2.10. The monoisotopic (exact) mass is 359 g/mol. The van der Waals surface area contributed by atoms with Gasteiger partial charge in [0.1, 0.15) is 6.04 Å². The van der Waals surface area contributed by atoms with Crippen LogP contribution in [0.15, 0.2) is 24.4 Å². The highest BCUT2D eigenvalue weighted by Crippen LogP contribution is 2.24. The molecule has 0 fully saturated rings. The number of carboxylic acids is 1. The molecular formula is C13H11Cl2N3O5. The van der Waals surface area contributed by atoms with Gasteiger partial charge < -0.3 is 15.4 Å². The van der Waals surface area contributed by atoms with Gasteiger partial charge >= 0.3 is 5.97 Å². The van der Waals surface area contributed by atoms with Crippen LogP contribution in [0.2, 0.25) is 0 Å². The maximum atomic E-state index is 11.5. The highest BCUT2D eigenvalue weighted by Gasteiger charge is 2.24. The molecule has 0 saturated heterocycles. The number of aliphatic carboxylic acids is 1. The number of hydrogen-bond donors (Lipinski definition) is 3. The average molecular weight is 360 g/mol. The second kappa shape index (κ2) is 6.84. The average Bonchev–Trinajstić information content (AvgIpc) is 2.88. The Morgan fingerprint density at radius 1 is 1.39 bits per heavy atom. The molecule has 1 aromatic heterocycles. The van der Waals surface area contributed by atoms with Gasteiger partial charge in [0.05, 0.1) is 4.92 Å². The minimum Gasteiger partial charge on any atom is -0.480 e. The van der Waals surface area contributed by atoms with E-state index in [-0.39, 0.29) is 12.1 Å². The molecule has 0 radical (unpaired) electrons. The molecular weight excluding hydrogens is 349 g/mol. The molecule has 10 heteroatoms. The van der Waals surface area contributed by atoms with Gasteiger partial charge in [-0.05, 0) is 11.6 Å². The van der Waals surface area contributed by atoms with Crippen LogP contribution in [-0.4, -0.2) is 37.8 Å². The number of aromatic nitrogens is 1. The molecule has 2 rings (SSSR count). The smallest absolute Gasteiger partial charge is 0.326 e. The van der Waals surface area contributed by atoms with Gasteiger partial charge in [0, 0.05) is 35.7 Å². The standard InChI is InChI=1S/C13H11Cl2N3O5/c14-11(15)12(19)17-10(13(20)21)3-6-5-16-9-2-1-7(18(22)23)4-8(6)9/h1-2,4-5,10-11,16H,3H2,(H,17,19)(H,20,21). The second-order valence-electron chi connectivity index (χ2n) is 4.71. The Bertz CT molecular complexity index is 774. The lowest BCUT2D eigenvalue weighted by Crippen LogP contribution is -2.44. The largest absolute Gasteiger partial charge is 0.480 e. The third-order valence-electron chi connectivity index (χ3n) is 3.20. The molecule has 0 saturated carbocycles. The second-order valence-corrected chi connectivity index (χ2v) is 5.80. The van der Waals surface area contributed by atoms with Crippen molar-refractivity contribution in [1.29, 1.82) is 0 Å². The van der Waals surface area contributed by atoms with Crippen molar-refractivity contribution in [2.45, 2.75) is 17.3 Å². The Labute approximate surface area is 139 Å². The summed E-state index contributed by atoms with van der Waals surface area (Å²) in [5, 5.41) is 22.8. The lowest BCUT2D eigenvalue weighted by Gasteiger charge is -2.14. The van der Waals surface area contributed by atoms with Crippen LogP contribution in [0.25, 0.3) is 10.9 Å². The van der Waals surface area contributed by atoms with Crippen molar-refractivity contribution in [2.24, 2.45) is 0 Å². The summed E-state index contributed by atoms with van der Waals surface area (Å²) in [7, 11) is 0. The minimum atomic E-state index is -1.39. The van der Waals surface area contributed by atoms with E-state index >= 15 is 0 Å². The first-order valence-electron chi connectivity index (χ1n) is 6.35. The van der Waals surface area contributed by atoms with Crippen molar-refractivity contribution in [2.75, 3.05) is 0 Å². The van der Waals surface area contributed by atoms with E-state index < -0.39 is 27.7 Å². The Balaban J connectivity index is 2.31. The van der Waals surface area contributed by atoms with Crippen LogP contribution >= 0.6 is 23.2 Å². The summed E-state index contributed by atoms with van der Waals surface area (Å²) in [6.07, 6.45) is 1.46. The van der Waals surface area contributed by atoms with Crippen molar-refractivity contribution in [3.8, 4) is 0 Å². The number of H-pyrrole nitrogens is 1. The van der Waals surface area contributed by atoms with E-state index in [0.717, 1.165) is 0 Å². The molecule has 1 amide bonds. The number of carbonyl (C=O) groups excluding carboxylic acids is 1. The number of fused-ring (bicyclic) bond motifs is 1. The number of carboxylic acid groups (broad SMARTS) is 1. The van der Waals surface area contributed by atoms with Crippen molar-refractivity contribution in [1.82, 2.24) is 10.3 Å². The number of nitrogens with zero attached hydrogens (tertiary/aromatic N) is 1. The van der Waals surface area contributed by atoms with Gasteiger partial charge in [-0.25, -0.2) is 4.79 Å². The van der Waals surface area contributed by atoms with Gasteiger partial charge in [-0.15, -0.1) is 0 Å². The molecule has 1 atom stereocenters.